The minimum absolute atomic E-state index is 0.210. The first-order valence-electron chi connectivity index (χ1n) is 8.71. The number of halogens is 3. The van der Waals surface area contributed by atoms with E-state index in [1.165, 1.54) is 30.9 Å². The molecule has 0 heterocycles. The summed E-state index contributed by atoms with van der Waals surface area (Å²) in [5, 5.41) is 2.72. The van der Waals surface area contributed by atoms with Crippen molar-refractivity contribution in [3.63, 3.8) is 0 Å². The van der Waals surface area contributed by atoms with E-state index in [4.69, 9.17) is 4.74 Å². The Balaban J connectivity index is 2.06. The van der Waals surface area contributed by atoms with Gasteiger partial charge in [-0.1, -0.05) is 26.8 Å². The molecule has 0 aliphatic heterocycles. The third kappa shape index (κ3) is 4.87. The maximum atomic E-state index is 12.9. The van der Waals surface area contributed by atoms with Crippen LogP contribution in [0.25, 0.3) is 0 Å². The van der Waals surface area contributed by atoms with E-state index in [-0.39, 0.29) is 10.7 Å². The van der Waals surface area contributed by atoms with Crippen LogP contribution in [0, 0.1) is 5.41 Å². The van der Waals surface area contributed by atoms with E-state index in [2.05, 4.69) is 26.1 Å². The average Bonchev–Trinajstić information content (AvgIpc) is 2.55. The Morgan fingerprint density at radius 3 is 2.35 bits per heavy atom. The zero-order chi connectivity index (χ0) is 19.6. The minimum Gasteiger partial charge on any atom is -0.442 e. The van der Waals surface area contributed by atoms with Gasteiger partial charge >= 0.3 is 12.3 Å². The van der Waals surface area contributed by atoms with Gasteiger partial charge in [0.05, 0.1) is 5.56 Å². The van der Waals surface area contributed by atoms with E-state index in [0.717, 1.165) is 18.9 Å². The molecule has 1 aliphatic rings. The van der Waals surface area contributed by atoms with Crippen LogP contribution in [0.5, 0.6) is 0 Å². The number of nitrogens with one attached hydrogen (secondary N) is 1. The largest absolute Gasteiger partial charge is 0.442 e. The summed E-state index contributed by atoms with van der Waals surface area (Å²) in [6.45, 7) is 6.16. The fourth-order valence-electron chi connectivity index (χ4n) is 3.35. The van der Waals surface area contributed by atoms with Crippen molar-refractivity contribution in [3.8, 4) is 0 Å². The lowest BCUT2D eigenvalue weighted by molar-refractivity contribution is -0.137. The fourth-order valence-corrected chi connectivity index (χ4v) is 4.56. The zero-order valence-corrected chi connectivity index (χ0v) is 16.4. The van der Waals surface area contributed by atoms with Crippen molar-refractivity contribution in [2.24, 2.45) is 5.41 Å². The molecule has 0 bridgehead atoms. The highest BCUT2D eigenvalue weighted by Crippen LogP contribution is 2.48. The molecule has 2 rings (SSSR count). The predicted octanol–water partition coefficient (Wildman–Crippen LogP) is 5.88. The SMILES string of the molecule is CNC(=O)OC1(C(C)(C)C)CCC(Sc2cccc(C(F)(F)F)c2)CC1. The van der Waals surface area contributed by atoms with Crippen LogP contribution in [0.1, 0.15) is 52.0 Å². The molecule has 1 amide bonds. The van der Waals surface area contributed by atoms with Crippen LogP contribution in [-0.2, 0) is 10.9 Å². The molecule has 1 fully saturated rings. The first-order chi connectivity index (χ1) is 12.0. The standard InChI is InChI=1S/C19H26F3NO2S/c1-17(2,3)18(25-16(24)23-4)10-8-14(9-11-18)26-15-7-5-6-13(12-15)19(20,21)22/h5-7,12,14H,8-11H2,1-4H3,(H,23,24). The number of alkyl halides is 3. The van der Waals surface area contributed by atoms with Crippen molar-refractivity contribution < 1.29 is 22.7 Å². The van der Waals surface area contributed by atoms with Gasteiger partial charge in [-0.2, -0.15) is 13.2 Å². The van der Waals surface area contributed by atoms with Crippen molar-refractivity contribution in [3.05, 3.63) is 29.8 Å². The molecule has 0 atom stereocenters. The number of thioether (sulfide) groups is 1. The number of carbonyl (C=O) groups excluding carboxylic acids is 1. The Bertz CT molecular complexity index is 632. The second-order valence-corrected chi connectivity index (χ2v) is 9.10. The lowest BCUT2D eigenvalue weighted by atomic mass is 9.68. The van der Waals surface area contributed by atoms with Gasteiger partial charge in [-0.05, 0) is 43.9 Å². The zero-order valence-electron chi connectivity index (χ0n) is 15.6. The molecular weight excluding hydrogens is 363 g/mol. The monoisotopic (exact) mass is 389 g/mol. The molecule has 0 saturated heterocycles. The summed E-state index contributed by atoms with van der Waals surface area (Å²) in [6.07, 6.45) is -1.80. The summed E-state index contributed by atoms with van der Waals surface area (Å²) < 4.78 is 44.4. The number of hydrogen-bond donors (Lipinski definition) is 1. The van der Waals surface area contributed by atoms with Gasteiger partial charge < -0.3 is 10.1 Å². The number of hydrogen-bond acceptors (Lipinski definition) is 3. The lowest BCUT2D eigenvalue weighted by Crippen LogP contribution is -2.51. The number of amides is 1. The summed E-state index contributed by atoms with van der Waals surface area (Å²) in [5.74, 6) is 0. The smallest absolute Gasteiger partial charge is 0.416 e. The Morgan fingerprint density at radius 1 is 1.23 bits per heavy atom. The summed E-state index contributed by atoms with van der Waals surface area (Å²) in [7, 11) is 1.54. The van der Waals surface area contributed by atoms with Crippen molar-refractivity contribution in [1.29, 1.82) is 0 Å². The molecule has 1 saturated carbocycles. The highest BCUT2D eigenvalue weighted by molar-refractivity contribution is 8.00. The van der Waals surface area contributed by atoms with Gasteiger partial charge in [-0.25, -0.2) is 4.79 Å². The van der Waals surface area contributed by atoms with Crippen LogP contribution < -0.4 is 5.32 Å². The van der Waals surface area contributed by atoms with Crippen LogP contribution >= 0.6 is 11.8 Å². The van der Waals surface area contributed by atoms with Gasteiger partial charge in [0.2, 0.25) is 0 Å². The number of ether oxygens (including phenoxy) is 1. The Kier molecular flexibility index (Phi) is 6.20. The fraction of sp³-hybridized carbons (Fsp3) is 0.632. The average molecular weight is 389 g/mol. The van der Waals surface area contributed by atoms with Crippen LogP contribution in [0.3, 0.4) is 0 Å². The van der Waals surface area contributed by atoms with Crippen molar-refractivity contribution >= 4 is 17.9 Å². The Labute approximate surface area is 157 Å². The molecule has 0 spiro atoms. The maximum Gasteiger partial charge on any atom is 0.416 e. The summed E-state index contributed by atoms with van der Waals surface area (Å²) >= 11 is 1.47. The van der Waals surface area contributed by atoms with Crippen molar-refractivity contribution in [1.82, 2.24) is 5.32 Å². The van der Waals surface area contributed by atoms with Gasteiger partial charge in [-0.3, -0.25) is 0 Å². The molecule has 26 heavy (non-hydrogen) atoms. The Morgan fingerprint density at radius 2 is 1.85 bits per heavy atom. The lowest BCUT2D eigenvalue weighted by Gasteiger charge is -2.47. The van der Waals surface area contributed by atoms with Gasteiger partial charge in [-0.15, -0.1) is 11.8 Å². The first kappa shape index (κ1) is 20.9. The normalized spacial score (nSPS) is 24.2. The molecule has 0 radical (unpaired) electrons. The van der Waals surface area contributed by atoms with E-state index in [9.17, 15) is 18.0 Å². The predicted molar refractivity (Wildman–Crippen MR) is 97.3 cm³/mol. The van der Waals surface area contributed by atoms with E-state index >= 15 is 0 Å². The highest BCUT2D eigenvalue weighted by Gasteiger charge is 2.48. The third-order valence-electron chi connectivity index (χ3n) is 5.06. The van der Waals surface area contributed by atoms with E-state index in [1.807, 2.05) is 0 Å². The summed E-state index contributed by atoms with van der Waals surface area (Å²) in [5.41, 5.74) is -1.39. The molecular formula is C19H26F3NO2S. The number of rotatable bonds is 3. The molecule has 146 valence electrons. The van der Waals surface area contributed by atoms with E-state index in [0.29, 0.717) is 17.7 Å². The topological polar surface area (TPSA) is 38.3 Å². The van der Waals surface area contributed by atoms with Crippen LogP contribution in [0.2, 0.25) is 0 Å². The Hall–Kier alpha value is -1.37. The van der Waals surface area contributed by atoms with E-state index in [1.54, 1.807) is 6.07 Å². The van der Waals surface area contributed by atoms with Crippen molar-refractivity contribution in [2.75, 3.05) is 7.05 Å². The maximum absolute atomic E-state index is 12.9. The summed E-state index contributed by atoms with van der Waals surface area (Å²) in [6, 6.07) is 5.46. The third-order valence-corrected chi connectivity index (χ3v) is 6.39. The van der Waals surface area contributed by atoms with Gasteiger partial charge in [0.25, 0.3) is 0 Å². The molecule has 0 unspecified atom stereocenters. The van der Waals surface area contributed by atoms with Crippen LogP contribution in [-0.4, -0.2) is 24.0 Å². The number of benzene rings is 1. The quantitative estimate of drug-likeness (QED) is 0.701. The molecule has 7 heteroatoms. The molecule has 0 aromatic heterocycles. The minimum atomic E-state index is -4.33. The number of alkyl carbamates (subject to hydrolysis) is 1. The second-order valence-electron chi connectivity index (χ2n) is 7.73. The molecule has 1 N–H and O–H groups in total. The van der Waals surface area contributed by atoms with Crippen molar-refractivity contribution in [2.45, 2.75) is 68.4 Å². The molecule has 1 aromatic carbocycles. The first-order valence-corrected chi connectivity index (χ1v) is 9.59. The van der Waals surface area contributed by atoms with Gasteiger partial charge in [0, 0.05) is 22.6 Å². The molecule has 1 aromatic rings. The van der Waals surface area contributed by atoms with E-state index < -0.39 is 23.4 Å². The van der Waals surface area contributed by atoms with Crippen LogP contribution in [0.15, 0.2) is 29.2 Å². The molecule has 3 nitrogen and oxygen atoms in total. The second kappa shape index (κ2) is 7.71. The van der Waals surface area contributed by atoms with Gasteiger partial charge in [0.1, 0.15) is 5.60 Å². The summed E-state index contributed by atoms with van der Waals surface area (Å²) in [4.78, 5) is 12.4. The number of carbonyl (C=O) groups is 1. The molecule has 1 aliphatic carbocycles. The van der Waals surface area contributed by atoms with Crippen LogP contribution in [0.4, 0.5) is 18.0 Å². The van der Waals surface area contributed by atoms with Gasteiger partial charge in [0.15, 0.2) is 0 Å². The highest BCUT2D eigenvalue weighted by atomic mass is 32.2.